The summed E-state index contributed by atoms with van der Waals surface area (Å²) in [6.45, 7) is 2.36. The maximum Gasteiger partial charge on any atom is 0.0751 e. The van der Waals surface area contributed by atoms with Gasteiger partial charge in [-0.15, -0.1) is 0 Å². The van der Waals surface area contributed by atoms with Crippen LogP contribution in [0.15, 0.2) is 0 Å². The van der Waals surface area contributed by atoms with Crippen molar-refractivity contribution < 1.29 is 5.11 Å². The fourth-order valence-electron chi connectivity index (χ4n) is 4.55. The van der Waals surface area contributed by atoms with Crippen LogP contribution in [0.25, 0.3) is 0 Å². The maximum absolute atomic E-state index is 11.1. The van der Waals surface area contributed by atoms with Gasteiger partial charge in [-0.2, -0.15) is 0 Å². The summed E-state index contributed by atoms with van der Waals surface area (Å²) >= 11 is 0. The minimum Gasteiger partial charge on any atom is -0.391 e. The second kappa shape index (κ2) is 6.58. The van der Waals surface area contributed by atoms with Gasteiger partial charge in [-0.1, -0.05) is 45.4 Å². The fraction of sp³-hybridized carbons (Fsp3) is 1.00. The maximum atomic E-state index is 11.1. The molecule has 3 unspecified atom stereocenters. The summed E-state index contributed by atoms with van der Waals surface area (Å²) in [7, 11) is 4.36. The largest absolute Gasteiger partial charge is 0.391 e. The highest BCUT2D eigenvalue weighted by atomic mass is 16.3. The molecule has 0 aromatic rings. The van der Waals surface area contributed by atoms with Crippen molar-refractivity contribution in [1.82, 2.24) is 4.90 Å². The third-order valence-electron chi connectivity index (χ3n) is 5.83. The molecule has 0 aromatic heterocycles. The predicted octanol–water partition coefficient (Wildman–Crippen LogP) is 3.83. The van der Waals surface area contributed by atoms with Gasteiger partial charge in [0.1, 0.15) is 0 Å². The average molecular weight is 267 g/mol. The van der Waals surface area contributed by atoms with Crippen molar-refractivity contribution >= 4 is 0 Å². The van der Waals surface area contributed by atoms with E-state index >= 15 is 0 Å². The molecule has 1 N–H and O–H groups in total. The smallest absolute Gasteiger partial charge is 0.0751 e. The lowest BCUT2D eigenvalue weighted by atomic mass is 9.70. The lowest BCUT2D eigenvalue weighted by Gasteiger charge is -2.47. The topological polar surface area (TPSA) is 23.5 Å². The molecule has 2 nitrogen and oxygen atoms in total. The van der Waals surface area contributed by atoms with E-state index in [1.165, 1.54) is 64.2 Å². The van der Waals surface area contributed by atoms with Gasteiger partial charge in [0.25, 0.3) is 0 Å². The van der Waals surface area contributed by atoms with E-state index in [-0.39, 0.29) is 11.6 Å². The molecular formula is C17H33NO. The number of rotatable bonds is 3. The van der Waals surface area contributed by atoms with Gasteiger partial charge >= 0.3 is 0 Å². The van der Waals surface area contributed by atoms with Crippen LogP contribution in [0.5, 0.6) is 0 Å². The van der Waals surface area contributed by atoms with Crippen LogP contribution in [-0.2, 0) is 0 Å². The lowest BCUT2D eigenvalue weighted by molar-refractivity contribution is -0.0633. The molecule has 2 aliphatic carbocycles. The SMILES string of the molecule is CC1CCCC(C(O)C2(N(C)C)CCCCCC2)C1. The number of likely N-dealkylation sites (N-methyl/N-ethyl adjacent to an activating group) is 1. The summed E-state index contributed by atoms with van der Waals surface area (Å²) < 4.78 is 0. The van der Waals surface area contributed by atoms with E-state index in [0.29, 0.717) is 5.92 Å². The molecular weight excluding hydrogens is 234 g/mol. The molecule has 0 heterocycles. The number of aliphatic hydroxyl groups is 1. The van der Waals surface area contributed by atoms with E-state index in [2.05, 4.69) is 25.9 Å². The molecule has 0 aromatic carbocycles. The van der Waals surface area contributed by atoms with E-state index in [1.807, 2.05) is 0 Å². The molecule has 2 rings (SSSR count). The minimum atomic E-state index is -0.122. The molecule has 2 fully saturated rings. The Kier molecular flexibility index (Phi) is 5.30. The third-order valence-corrected chi connectivity index (χ3v) is 5.83. The second-order valence-corrected chi connectivity index (χ2v) is 7.39. The fourth-order valence-corrected chi connectivity index (χ4v) is 4.55. The summed E-state index contributed by atoms with van der Waals surface area (Å²) in [5.74, 6) is 1.34. The molecule has 19 heavy (non-hydrogen) atoms. The van der Waals surface area contributed by atoms with Crippen molar-refractivity contribution in [1.29, 1.82) is 0 Å². The molecule has 2 heteroatoms. The monoisotopic (exact) mass is 267 g/mol. The highest BCUT2D eigenvalue weighted by Crippen LogP contribution is 2.41. The van der Waals surface area contributed by atoms with Gasteiger partial charge in [-0.3, -0.25) is 0 Å². The zero-order valence-corrected chi connectivity index (χ0v) is 13.2. The molecule has 2 saturated carbocycles. The van der Waals surface area contributed by atoms with Crippen LogP contribution in [0.3, 0.4) is 0 Å². The number of nitrogens with zero attached hydrogens (tertiary/aromatic N) is 1. The molecule has 2 aliphatic rings. The zero-order chi connectivity index (χ0) is 13.9. The molecule has 112 valence electrons. The quantitative estimate of drug-likeness (QED) is 0.786. The van der Waals surface area contributed by atoms with E-state index in [9.17, 15) is 5.11 Å². The van der Waals surface area contributed by atoms with Crippen molar-refractivity contribution in [3.05, 3.63) is 0 Å². The van der Waals surface area contributed by atoms with E-state index < -0.39 is 0 Å². The Morgan fingerprint density at radius 2 is 1.63 bits per heavy atom. The minimum absolute atomic E-state index is 0.0538. The summed E-state index contributed by atoms with van der Waals surface area (Å²) in [5.41, 5.74) is 0.0538. The standard InChI is InChI=1S/C17H33NO/c1-14-9-8-10-15(13-14)16(19)17(18(2)3)11-6-4-5-7-12-17/h14-16,19H,4-13H2,1-3H3. The Labute approximate surface area is 119 Å². The van der Waals surface area contributed by atoms with Crippen LogP contribution in [0.2, 0.25) is 0 Å². The van der Waals surface area contributed by atoms with E-state index in [1.54, 1.807) is 0 Å². The first-order chi connectivity index (χ1) is 9.06. The molecule has 0 saturated heterocycles. The van der Waals surface area contributed by atoms with Gasteiger partial charge in [-0.05, 0) is 51.6 Å². The van der Waals surface area contributed by atoms with Crippen LogP contribution in [0.4, 0.5) is 0 Å². The number of hydrogen-bond donors (Lipinski definition) is 1. The van der Waals surface area contributed by atoms with Gasteiger partial charge in [-0.25, -0.2) is 0 Å². The first-order valence-corrected chi connectivity index (χ1v) is 8.42. The van der Waals surface area contributed by atoms with E-state index in [4.69, 9.17) is 0 Å². The van der Waals surface area contributed by atoms with E-state index in [0.717, 1.165) is 5.92 Å². The van der Waals surface area contributed by atoms with Gasteiger partial charge in [0.2, 0.25) is 0 Å². The Morgan fingerprint density at radius 1 is 1.00 bits per heavy atom. The molecule has 0 amide bonds. The predicted molar refractivity (Wildman–Crippen MR) is 81.2 cm³/mol. The number of hydrogen-bond acceptors (Lipinski definition) is 2. The molecule has 3 atom stereocenters. The van der Waals surface area contributed by atoms with Gasteiger partial charge in [0.15, 0.2) is 0 Å². The summed E-state index contributed by atoms with van der Waals surface area (Å²) in [6, 6.07) is 0. The van der Waals surface area contributed by atoms with Crippen LogP contribution < -0.4 is 0 Å². The first kappa shape index (κ1) is 15.3. The highest BCUT2D eigenvalue weighted by Gasteiger charge is 2.44. The molecule has 0 bridgehead atoms. The van der Waals surface area contributed by atoms with Crippen molar-refractivity contribution in [3.63, 3.8) is 0 Å². The summed E-state index contributed by atoms with van der Waals surface area (Å²) in [6.07, 6.45) is 12.7. The Hall–Kier alpha value is -0.0800. The van der Waals surface area contributed by atoms with Crippen molar-refractivity contribution in [2.24, 2.45) is 11.8 Å². The van der Waals surface area contributed by atoms with Crippen LogP contribution in [0, 0.1) is 11.8 Å². The summed E-state index contributed by atoms with van der Waals surface area (Å²) in [4.78, 5) is 2.35. The van der Waals surface area contributed by atoms with Crippen LogP contribution in [-0.4, -0.2) is 35.7 Å². The third kappa shape index (κ3) is 3.33. The molecule has 0 aliphatic heterocycles. The second-order valence-electron chi connectivity index (χ2n) is 7.39. The van der Waals surface area contributed by atoms with Crippen LogP contribution >= 0.6 is 0 Å². The number of aliphatic hydroxyl groups excluding tert-OH is 1. The Morgan fingerprint density at radius 3 is 2.16 bits per heavy atom. The summed E-state index contributed by atoms with van der Waals surface area (Å²) in [5, 5.41) is 11.1. The van der Waals surface area contributed by atoms with Crippen molar-refractivity contribution in [3.8, 4) is 0 Å². The first-order valence-electron chi connectivity index (χ1n) is 8.42. The highest BCUT2D eigenvalue weighted by molar-refractivity contribution is 4.99. The Balaban J connectivity index is 2.12. The van der Waals surface area contributed by atoms with Crippen LogP contribution in [0.1, 0.15) is 71.1 Å². The normalized spacial score (nSPS) is 33.9. The Bertz CT molecular complexity index is 268. The molecule has 0 spiro atoms. The molecule has 0 radical (unpaired) electrons. The lowest BCUT2D eigenvalue weighted by Crippen LogP contribution is -2.56. The van der Waals surface area contributed by atoms with Gasteiger partial charge in [0, 0.05) is 5.54 Å². The zero-order valence-electron chi connectivity index (χ0n) is 13.2. The van der Waals surface area contributed by atoms with Gasteiger partial charge in [0.05, 0.1) is 6.10 Å². The van der Waals surface area contributed by atoms with Crippen molar-refractivity contribution in [2.75, 3.05) is 14.1 Å². The van der Waals surface area contributed by atoms with Gasteiger partial charge < -0.3 is 10.0 Å². The average Bonchev–Trinajstić information content (AvgIpc) is 2.64. The van der Waals surface area contributed by atoms with Crippen molar-refractivity contribution in [2.45, 2.75) is 82.8 Å².